The van der Waals surface area contributed by atoms with Crippen LogP contribution in [0.1, 0.15) is 5.56 Å². The average Bonchev–Trinajstić information content (AvgIpc) is 2.32. The molecule has 6 heteroatoms. The molecule has 1 saturated heterocycles. The predicted molar refractivity (Wildman–Crippen MR) is 76.2 cm³/mol. The molecule has 96 valence electrons. The van der Waals surface area contributed by atoms with Gasteiger partial charge >= 0.3 is 0 Å². The zero-order valence-corrected chi connectivity index (χ0v) is 11.9. The molecule has 1 N–H and O–H groups in total. The van der Waals surface area contributed by atoms with Gasteiger partial charge in [-0.2, -0.15) is 0 Å². The lowest BCUT2D eigenvalue weighted by atomic mass is 10.2. The molecule has 0 bridgehead atoms. The fourth-order valence-electron chi connectivity index (χ4n) is 1.57. The second-order valence-electron chi connectivity index (χ2n) is 3.92. The van der Waals surface area contributed by atoms with Gasteiger partial charge in [-0.05, 0) is 23.8 Å². The third-order valence-electron chi connectivity index (χ3n) is 2.58. The summed E-state index contributed by atoms with van der Waals surface area (Å²) in [6.45, 7) is 0.748. The maximum atomic E-state index is 11.9. The van der Waals surface area contributed by atoms with Gasteiger partial charge < -0.3 is 10.0 Å². The summed E-state index contributed by atoms with van der Waals surface area (Å²) in [7, 11) is 1.77. The predicted octanol–water partition coefficient (Wildman–Crippen LogP) is 3.25. The first-order valence-corrected chi connectivity index (χ1v) is 7.01. The molecule has 1 heterocycles. The topological polar surface area (TPSA) is 40.5 Å². The molecule has 0 aliphatic carbocycles. The van der Waals surface area contributed by atoms with Gasteiger partial charge in [0.05, 0.1) is 15.0 Å². The number of phenolic OH excluding ortho intramolecular Hbond substituents is 1. The summed E-state index contributed by atoms with van der Waals surface area (Å²) < 4.78 is 0. The van der Waals surface area contributed by atoms with Crippen molar-refractivity contribution in [3.63, 3.8) is 0 Å². The highest BCUT2D eigenvalue weighted by atomic mass is 35.5. The summed E-state index contributed by atoms with van der Waals surface area (Å²) in [5.41, 5.74) is 0.703. The van der Waals surface area contributed by atoms with E-state index in [1.54, 1.807) is 30.2 Å². The molecule has 0 saturated carbocycles. The van der Waals surface area contributed by atoms with Crippen molar-refractivity contribution in [2.75, 3.05) is 19.3 Å². The Kier molecular flexibility index (Phi) is 4.10. The number of thioether (sulfide) groups is 1. The summed E-state index contributed by atoms with van der Waals surface area (Å²) in [4.78, 5) is 14.2. The van der Waals surface area contributed by atoms with Crippen LogP contribution in [0.25, 0.3) is 6.08 Å². The van der Waals surface area contributed by atoms with Gasteiger partial charge in [0.1, 0.15) is 0 Å². The number of aromatic hydroxyl groups is 1. The number of carbonyl (C=O) groups excluding carboxylic acids is 1. The van der Waals surface area contributed by atoms with Crippen LogP contribution in [0.4, 0.5) is 0 Å². The number of hydrogen-bond donors (Lipinski definition) is 1. The van der Waals surface area contributed by atoms with Crippen molar-refractivity contribution in [2.45, 2.75) is 0 Å². The summed E-state index contributed by atoms with van der Waals surface area (Å²) in [5, 5.41) is 9.82. The molecular weight excluding hydrogens is 293 g/mol. The van der Waals surface area contributed by atoms with Crippen LogP contribution in [0, 0.1) is 0 Å². The first kappa shape index (κ1) is 13.6. The molecule has 0 atom stereocenters. The molecule has 1 aliphatic heterocycles. The van der Waals surface area contributed by atoms with Gasteiger partial charge in [-0.15, -0.1) is 11.8 Å². The van der Waals surface area contributed by atoms with Crippen molar-refractivity contribution in [3.8, 4) is 5.75 Å². The number of hydrogen-bond acceptors (Lipinski definition) is 3. The zero-order chi connectivity index (χ0) is 13.3. The summed E-state index contributed by atoms with van der Waals surface area (Å²) in [6, 6.07) is 3.16. The van der Waals surface area contributed by atoms with E-state index >= 15 is 0 Å². The van der Waals surface area contributed by atoms with Crippen LogP contribution in [0.15, 0.2) is 17.0 Å². The highest BCUT2D eigenvalue weighted by Gasteiger charge is 2.20. The second kappa shape index (κ2) is 5.43. The number of amides is 1. The van der Waals surface area contributed by atoms with E-state index in [9.17, 15) is 9.90 Å². The van der Waals surface area contributed by atoms with E-state index in [1.165, 1.54) is 11.8 Å². The first-order chi connectivity index (χ1) is 8.49. The Morgan fingerprint density at radius 2 is 2.00 bits per heavy atom. The number of benzene rings is 1. The molecule has 0 spiro atoms. The molecule has 3 nitrogen and oxygen atoms in total. The van der Waals surface area contributed by atoms with Crippen LogP contribution in [0.2, 0.25) is 10.0 Å². The standard InChI is InChI=1S/C12H11Cl2NO2S/c1-15-2-3-18-10(12(15)17)6-7-4-8(13)11(16)9(14)5-7/h4-6,16H,2-3H2,1H3/b10-6+. The Morgan fingerprint density at radius 1 is 1.39 bits per heavy atom. The van der Waals surface area contributed by atoms with E-state index in [2.05, 4.69) is 0 Å². The van der Waals surface area contributed by atoms with Crippen LogP contribution in [-0.4, -0.2) is 35.3 Å². The second-order valence-corrected chi connectivity index (χ2v) is 5.87. The van der Waals surface area contributed by atoms with E-state index < -0.39 is 0 Å². The molecule has 0 radical (unpaired) electrons. The average molecular weight is 304 g/mol. The zero-order valence-electron chi connectivity index (χ0n) is 9.61. The molecule has 1 amide bonds. The van der Waals surface area contributed by atoms with Crippen molar-refractivity contribution >= 4 is 46.9 Å². The van der Waals surface area contributed by atoms with Gasteiger partial charge in [0.25, 0.3) is 5.91 Å². The minimum Gasteiger partial charge on any atom is -0.505 e. The summed E-state index contributed by atoms with van der Waals surface area (Å²) in [6.07, 6.45) is 1.74. The van der Waals surface area contributed by atoms with Crippen LogP contribution in [0.3, 0.4) is 0 Å². The number of nitrogens with zero attached hydrogens (tertiary/aromatic N) is 1. The van der Waals surface area contributed by atoms with Crippen molar-refractivity contribution in [1.82, 2.24) is 4.90 Å². The third kappa shape index (κ3) is 2.76. The quantitative estimate of drug-likeness (QED) is 0.810. The molecule has 0 aromatic heterocycles. The van der Waals surface area contributed by atoms with Crippen molar-refractivity contribution in [2.24, 2.45) is 0 Å². The fourth-order valence-corrected chi connectivity index (χ4v) is 3.15. The van der Waals surface area contributed by atoms with Crippen molar-refractivity contribution in [1.29, 1.82) is 0 Å². The molecule has 1 aliphatic rings. The highest BCUT2D eigenvalue weighted by molar-refractivity contribution is 8.04. The molecule has 0 unspecified atom stereocenters. The highest BCUT2D eigenvalue weighted by Crippen LogP contribution is 2.34. The Balaban J connectivity index is 2.35. The van der Waals surface area contributed by atoms with E-state index in [0.717, 1.165) is 12.3 Å². The monoisotopic (exact) mass is 303 g/mol. The third-order valence-corrected chi connectivity index (χ3v) is 4.15. The number of carbonyl (C=O) groups is 1. The molecule has 1 aromatic carbocycles. The molecule has 1 fully saturated rings. The van der Waals surface area contributed by atoms with Crippen LogP contribution in [0.5, 0.6) is 5.75 Å². The number of phenols is 1. The van der Waals surface area contributed by atoms with Crippen LogP contribution < -0.4 is 0 Å². The van der Waals surface area contributed by atoms with E-state index in [4.69, 9.17) is 23.2 Å². The lowest BCUT2D eigenvalue weighted by molar-refractivity contribution is -0.125. The minimum atomic E-state index is -0.139. The molecular formula is C12H11Cl2NO2S. The lowest BCUT2D eigenvalue weighted by Crippen LogP contribution is -2.33. The largest absolute Gasteiger partial charge is 0.505 e. The molecule has 18 heavy (non-hydrogen) atoms. The lowest BCUT2D eigenvalue weighted by Gasteiger charge is -2.23. The van der Waals surface area contributed by atoms with E-state index in [1.807, 2.05) is 0 Å². The Morgan fingerprint density at radius 3 is 2.61 bits per heavy atom. The van der Waals surface area contributed by atoms with Crippen LogP contribution >= 0.6 is 35.0 Å². The number of rotatable bonds is 1. The Hall–Kier alpha value is -0.840. The maximum absolute atomic E-state index is 11.9. The first-order valence-electron chi connectivity index (χ1n) is 5.27. The minimum absolute atomic E-state index is 0.00781. The van der Waals surface area contributed by atoms with E-state index in [-0.39, 0.29) is 21.7 Å². The molecule has 2 rings (SSSR count). The SMILES string of the molecule is CN1CCS/C(=C/c2cc(Cl)c(O)c(Cl)c2)C1=O. The number of halogens is 2. The van der Waals surface area contributed by atoms with Gasteiger partial charge in [0.2, 0.25) is 0 Å². The Labute approximate surface area is 119 Å². The van der Waals surface area contributed by atoms with Crippen molar-refractivity contribution in [3.05, 3.63) is 32.6 Å². The van der Waals surface area contributed by atoms with Crippen LogP contribution in [-0.2, 0) is 4.79 Å². The van der Waals surface area contributed by atoms with Gasteiger partial charge in [0.15, 0.2) is 5.75 Å². The molecule has 1 aromatic rings. The van der Waals surface area contributed by atoms with Gasteiger partial charge in [-0.1, -0.05) is 23.2 Å². The van der Waals surface area contributed by atoms with E-state index in [0.29, 0.717) is 10.5 Å². The summed E-state index contributed by atoms with van der Waals surface area (Å²) >= 11 is 13.2. The maximum Gasteiger partial charge on any atom is 0.260 e. The van der Waals surface area contributed by atoms with Gasteiger partial charge in [-0.25, -0.2) is 0 Å². The van der Waals surface area contributed by atoms with Crippen molar-refractivity contribution < 1.29 is 9.90 Å². The number of likely N-dealkylation sites (N-methyl/N-ethyl adjacent to an activating group) is 1. The normalized spacial score (nSPS) is 18.5. The fraction of sp³-hybridized carbons (Fsp3) is 0.250. The summed E-state index contributed by atoms with van der Waals surface area (Å²) in [5.74, 6) is 0.722. The van der Waals surface area contributed by atoms with Gasteiger partial charge in [-0.3, -0.25) is 4.79 Å². The smallest absolute Gasteiger partial charge is 0.260 e. The van der Waals surface area contributed by atoms with Gasteiger partial charge in [0, 0.05) is 19.3 Å². The Bertz CT molecular complexity index is 508.